The molecule has 0 unspecified atom stereocenters. The van der Waals surface area contributed by atoms with Crippen molar-refractivity contribution in [2.75, 3.05) is 0 Å². The van der Waals surface area contributed by atoms with Gasteiger partial charge >= 0.3 is 0 Å². The van der Waals surface area contributed by atoms with Crippen LogP contribution in [0.3, 0.4) is 0 Å². The van der Waals surface area contributed by atoms with Crippen molar-refractivity contribution in [3.05, 3.63) is 33.7 Å². The minimum atomic E-state index is -0.00727. The van der Waals surface area contributed by atoms with E-state index >= 15 is 0 Å². The maximum atomic E-state index is 9.14. The van der Waals surface area contributed by atoms with Crippen molar-refractivity contribution in [2.45, 2.75) is 11.9 Å². The van der Waals surface area contributed by atoms with Gasteiger partial charge in [-0.15, -0.1) is 11.3 Å². The van der Waals surface area contributed by atoms with Crippen LogP contribution in [0.15, 0.2) is 17.5 Å². The van der Waals surface area contributed by atoms with Crippen molar-refractivity contribution in [3.8, 4) is 0 Å². The van der Waals surface area contributed by atoms with Crippen LogP contribution < -0.4 is 0 Å². The molecule has 1 nitrogen and oxygen atoms in total. The van der Waals surface area contributed by atoms with Crippen LogP contribution in [0.2, 0.25) is 5.02 Å². The quantitative estimate of drug-likeness (QED) is 0.831. The van der Waals surface area contributed by atoms with Gasteiger partial charge in [0.05, 0.1) is 11.6 Å². The van der Waals surface area contributed by atoms with Gasteiger partial charge in [-0.2, -0.15) is 0 Å². The summed E-state index contributed by atoms with van der Waals surface area (Å²) in [6.45, 7) is -0.00727. The summed E-state index contributed by atoms with van der Waals surface area (Å²) >= 11 is 11.2. The number of fused-ring (bicyclic) bond motifs is 1. The molecule has 74 valence electrons. The Kier molecular flexibility index (Phi) is 3.12. The van der Waals surface area contributed by atoms with E-state index in [4.69, 9.17) is 16.7 Å². The summed E-state index contributed by atoms with van der Waals surface area (Å²) < 4.78 is 1.17. The van der Waals surface area contributed by atoms with Crippen molar-refractivity contribution >= 4 is 49.0 Å². The first kappa shape index (κ1) is 10.4. The van der Waals surface area contributed by atoms with Gasteiger partial charge < -0.3 is 5.11 Å². The lowest BCUT2D eigenvalue weighted by Gasteiger charge is -2.07. The highest BCUT2D eigenvalue weighted by Gasteiger charge is 2.10. The Hall–Kier alpha value is -0.0900. The topological polar surface area (TPSA) is 20.2 Å². The van der Waals surface area contributed by atoms with Gasteiger partial charge in [0.15, 0.2) is 0 Å². The Morgan fingerprint density at radius 2 is 2.29 bits per heavy atom. The Balaban J connectivity index is 2.80. The number of alkyl halides is 1. The van der Waals surface area contributed by atoms with Gasteiger partial charge in [0.2, 0.25) is 0 Å². The van der Waals surface area contributed by atoms with E-state index in [2.05, 4.69) is 22.0 Å². The molecule has 0 aliphatic heterocycles. The minimum Gasteiger partial charge on any atom is -0.392 e. The molecule has 2 rings (SSSR count). The summed E-state index contributed by atoms with van der Waals surface area (Å²) in [4.78, 5) is 0. The highest BCUT2D eigenvalue weighted by atomic mass is 79.9. The van der Waals surface area contributed by atoms with Crippen molar-refractivity contribution < 1.29 is 5.11 Å². The van der Waals surface area contributed by atoms with Crippen LogP contribution in [-0.4, -0.2) is 5.11 Å². The Morgan fingerprint density at radius 1 is 1.50 bits per heavy atom. The molecule has 0 amide bonds. The molecule has 0 saturated heterocycles. The number of thiophene rings is 1. The van der Waals surface area contributed by atoms with Crippen LogP contribution in [-0.2, 0) is 11.9 Å². The summed E-state index contributed by atoms with van der Waals surface area (Å²) in [6.07, 6.45) is 0. The summed E-state index contributed by atoms with van der Waals surface area (Å²) in [6, 6.07) is 4.01. The standard InChI is InChI=1S/C10H8BrClOS/c11-4-8-7-1-2-14-9(7)3-6(5-13)10(8)12/h1-3,13H,4-5H2. The predicted molar refractivity (Wildman–Crippen MR) is 65.4 cm³/mol. The first-order valence-corrected chi connectivity index (χ1v) is 6.50. The number of halogens is 2. The van der Waals surface area contributed by atoms with Crippen molar-refractivity contribution in [3.63, 3.8) is 0 Å². The largest absolute Gasteiger partial charge is 0.392 e. The lowest BCUT2D eigenvalue weighted by Crippen LogP contribution is -1.90. The van der Waals surface area contributed by atoms with E-state index < -0.39 is 0 Å². The zero-order valence-electron chi connectivity index (χ0n) is 7.26. The molecule has 0 spiro atoms. The molecule has 1 N–H and O–H groups in total. The van der Waals surface area contributed by atoms with E-state index in [0.717, 1.165) is 11.1 Å². The van der Waals surface area contributed by atoms with E-state index in [1.54, 1.807) is 11.3 Å². The first-order chi connectivity index (χ1) is 6.77. The van der Waals surface area contributed by atoms with Crippen LogP contribution in [0, 0.1) is 0 Å². The normalized spacial score (nSPS) is 11.1. The van der Waals surface area contributed by atoms with Crippen LogP contribution in [0.25, 0.3) is 10.1 Å². The number of rotatable bonds is 2. The van der Waals surface area contributed by atoms with E-state index in [-0.39, 0.29) is 6.61 Å². The van der Waals surface area contributed by atoms with Crippen molar-refractivity contribution in [2.24, 2.45) is 0 Å². The highest BCUT2D eigenvalue weighted by Crippen LogP contribution is 2.34. The second-order valence-electron chi connectivity index (χ2n) is 2.95. The molecule has 1 heterocycles. The molecule has 0 aliphatic carbocycles. The van der Waals surface area contributed by atoms with E-state index in [0.29, 0.717) is 10.4 Å². The Bertz CT molecular complexity index is 466. The van der Waals surface area contributed by atoms with Gasteiger partial charge in [-0.25, -0.2) is 0 Å². The fourth-order valence-corrected chi connectivity index (χ4v) is 3.37. The molecule has 14 heavy (non-hydrogen) atoms. The second kappa shape index (κ2) is 4.19. The molecule has 0 fully saturated rings. The third-order valence-electron chi connectivity index (χ3n) is 2.18. The fourth-order valence-electron chi connectivity index (χ4n) is 1.46. The van der Waals surface area contributed by atoms with Gasteiger partial charge in [0.1, 0.15) is 0 Å². The van der Waals surface area contributed by atoms with Gasteiger partial charge in [0, 0.05) is 10.0 Å². The van der Waals surface area contributed by atoms with Gasteiger partial charge in [-0.1, -0.05) is 27.5 Å². The molecule has 4 heteroatoms. The smallest absolute Gasteiger partial charge is 0.0697 e. The van der Waals surface area contributed by atoms with Crippen molar-refractivity contribution in [1.82, 2.24) is 0 Å². The van der Waals surface area contributed by atoms with Gasteiger partial charge in [-0.05, 0) is 34.0 Å². The molecule has 0 atom stereocenters. The number of aliphatic hydroxyl groups is 1. The molecule has 0 aliphatic rings. The molecule has 1 aromatic carbocycles. The van der Waals surface area contributed by atoms with E-state index in [1.165, 1.54) is 10.1 Å². The molecule has 0 bridgehead atoms. The average molecular weight is 292 g/mol. The summed E-state index contributed by atoms with van der Waals surface area (Å²) in [5.41, 5.74) is 1.87. The third kappa shape index (κ3) is 1.58. The zero-order valence-corrected chi connectivity index (χ0v) is 10.4. The lowest BCUT2D eigenvalue weighted by atomic mass is 10.1. The van der Waals surface area contributed by atoms with Crippen molar-refractivity contribution in [1.29, 1.82) is 0 Å². The SMILES string of the molecule is OCc1cc2sccc2c(CBr)c1Cl. The van der Waals surface area contributed by atoms with E-state index in [9.17, 15) is 0 Å². The fraction of sp³-hybridized carbons (Fsp3) is 0.200. The number of aliphatic hydroxyl groups excluding tert-OH is 1. The van der Waals surface area contributed by atoms with Gasteiger partial charge in [-0.3, -0.25) is 0 Å². The molecule has 1 aromatic heterocycles. The summed E-state index contributed by atoms with van der Waals surface area (Å²) in [5, 5.41) is 13.7. The summed E-state index contributed by atoms with van der Waals surface area (Å²) in [5.74, 6) is 0. The van der Waals surface area contributed by atoms with Crippen LogP contribution in [0.1, 0.15) is 11.1 Å². The number of hydrogen-bond acceptors (Lipinski definition) is 2. The number of benzene rings is 1. The third-order valence-corrected chi connectivity index (χ3v) is 4.07. The van der Waals surface area contributed by atoms with E-state index in [1.807, 2.05) is 11.4 Å². The molecular weight excluding hydrogens is 284 g/mol. The maximum Gasteiger partial charge on any atom is 0.0697 e. The zero-order chi connectivity index (χ0) is 10.1. The van der Waals surface area contributed by atoms with Crippen LogP contribution in [0.4, 0.5) is 0 Å². The summed E-state index contributed by atoms with van der Waals surface area (Å²) in [7, 11) is 0. The second-order valence-corrected chi connectivity index (χ2v) is 4.84. The monoisotopic (exact) mass is 290 g/mol. The molecule has 0 radical (unpaired) electrons. The number of hydrogen-bond donors (Lipinski definition) is 1. The molecule has 0 saturated carbocycles. The predicted octanol–water partition coefficient (Wildman–Crippen LogP) is 3.94. The molecule has 2 aromatic rings. The Morgan fingerprint density at radius 3 is 2.93 bits per heavy atom. The minimum absolute atomic E-state index is 0.00727. The van der Waals surface area contributed by atoms with Crippen LogP contribution >= 0.6 is 38.9 Å². The average Bonchev–Trinajstić information content (AvgIpc) is 2.64. The first-order valence-electron chi connectivity index (χ1n) is 4.12. The van der Waals surface area contributed by atoms with Crippen LogP contribution in [0.5, 0.6) is 0 Å². The maximum absolute atomic E-state index is 9.14. The molecular formula is C10H8BrClOS. The van der Waals surface area contributed by atoms with Gasteiger partial charge in [0.25, 0.3) is 0 Å². The highest BCUT2D eigenvalue weighted by molar-refractivity contribution is 9.08. The lowest BCUT2D eigenvalue weighted by molar-refractivity contribution is 0.282. The Labute approximate surface area is 99.4 Å².